The average molecular weight is 261 g/mol. The number of nitrogens with one attached hydrogen (secondary N) is 1. The smallest absolute Gasteiger partial charge is 0.324 e. The molecule has 0 saturated heterocycles. The normalized spacial score (nSPS) is 12.6. The molecule has 0 bridgehead atoms. The Morgan fingerprint density at radius 1 is 1.47 bits per heavy atom. The monoisotopic (exact) mass is 261 g/mol. The standard InChI is InChI=1S/C14H19N3O2/c1-4-15-12(14(18)19-3)9-17-10(2)16-11-7-5-6-8-13(11)17/h5-8,12,15H,4,9H2,1-3H3. The number of hydrogen-bond acceptors (Lipinski definition) is 4. The molecule has 0 fully saturated rings. The minimum absolute atomic E-state index is 0.251. The molecule has 0 aliphatic carbocycles. The highest BCUT2D eigenvalue weighted by Crippen LogP contribution is 2.16. The number of likely N-dealkylation sites (N-methyl/N-ethyl adjacent to an activating group) is 1. The number of para-hydroxylation sites is 2. The van der Waals surface area contributed by atoms with Crippen molar-refractivity contribution in [1.82, 2.24) is 14.9 Å². The second-order valence-corrected chi connectivity index (χ2v) is 4.39. The van der Waals surface area contributed by atoms with E-state index < -0.39 is 0 Å². The number of carbonyl (C=O) groups is 1. The van der Waals surface area contributed by atoms with E-state index in [1.165, 1.54) is 7.11 Å². The van der Waals surface area contributed by atoms with Crippen LogP contribution in [0.4, 0.5) is 0 Å². The van der Waals surface area contributed by atoms with Gasteiger partial charge in [-0.25, -0.2) is 4.98 Å². The number of esters is 1. The molecular weight excluding hydrogens is 242 g/mol. The zero-order chi connectivity index (χ0) is 13.8. The maximum atomic E-state index is 11.8. The number of ether oxygens (including phenoxy) is 1. The van der Waals surface area contributed by atoms with E-state index in [2.05, 4.69) is 10.3 Å². The van der Waals surface area contributed by atoms with Crippen LogP contribution in [0.5, 0.6) is 0 Å². The third-order valence-electron chi connectivity index (χ3n) is 3.15. The van der Waals surface area contributed by atoms with Gasteiger partial charge in [-0.15, -0.1) is 0 Å². The largest absolute Gasteiger partial charge is 0.468 e. The summed E-state index contributed by atoms with van der Waals surface area (Å²) in [4.78, 5) is 16.3. The Bertz CT molecular complexity index is 577. The van der Waals surface area contributed by atoms with Crippen LogP contribution in [0, 0.1) is 6.92 Å². The Kier molecular flexibility index (Phi) is 4.16. The molecule has 0 aliphatic rings. The molecule has 0 spiro atoms. The number of carbonyl (C=O) groups excluding carboxylic acids is 1. The first-order valence-corrected chi connectivity index (χ1v) is 6.40. The van der Waals surface area contributed by atoms with E-state index in [1.54, 1.807) is 0 Å². The molecule has 1 aromatic carbocycles. The molecule has 2 rings (SSSR count). The summed E-state index contributed by atoms with van der Waals surface area (Å²) in [5.41, 5.74) is 1.98. The number of fused-ring (bicyclic) bond motifs is 1. The quantitative estimate of drug-likeness (QED) is 0.829. The summed E-state index contributed by atoms with van der Waals surface area (Å²) in [6.45, 7) is 5.15. The minimum atomic E-state index is -0.355. The highest BCUT2D eigenvalue weighted by Gasteiger charge is 2.20. The summed E-state index contributed by atoms with van der Waals surface area (Å²) in [5, 5.41) is 3.14. The van der Waals surface area contributed by atoms with E-state index in [1.807, 2.05) is 42.7 Å². The number of aryl methyl sites for hydroxylation is 1. The number of imidazole rings is 1. The minimum Gasteiger partial charge on any atom is -0.468 e. The summed E-state index contributed by atoms with van der Waals surface area (Å²) in [5.74, 6) is 0.645. The zero-order valence-corrected chi connectivity index (χ0v) is 11.5. The van der Waals surface area contributed by atoms with Gasteiger partial charge in [-0.1, -0.05) is 19.1 Å². The van der Waals surface area contributed by atoms with Gasteiger partial charge in [0.1, 0.15) is 11.9 Å². The van der Waals surface area contributed by atoms with Gasteiger partial charge in [0.05, 0.1) is 24.7 Å². The second kappa shape index (κ2) is 5.84. The molecular formula is C14H19N3O2. The van der Waals surface area contributed by atoms with E-state index >= 15 is 0 Å². The highest BCUT2D eigenvalue weighted by molar-refractivity contribution is 5.78. The maximum Gasteiger partial charge on any atom is 0.324 e. The van der Waals surface area contributed by atoms with Crippen LogP contribution in [0.2, 0.25) is 0 Å². The van der Waals surface area contributed by atoms with Crippen LogP contribution in [0.15, 0.2) is 24.3 Å². The van der Waals surface area contributed by atoms with Crippen molar-refractivity contribution in [3.8, 4) is 0 Å². The lowest BCUT2D eigenvalue weighted by Crippen LogP contribution is -2.41. The molecule has 1 aromatic heterocycles. The van der Waals surface area contributed by atoms with E-state index in [4.69, 9.17) is 4.74 Å². The van der Waals surface area contributed by atoms with Crippen molar-refractivity contribution in [3.05, 3.63) is 30.1 Å². The van der Waals surface area contributed by atoms with Crippen LogP contribution in [-0.2, 0) is 16.1 Å². The number of hydrogen-bond donors (Lipinski definition) is 1. The first kappa shape index (κ1) is 13.5. The second-order valence-electron chi connectivity index (χ2n) is 4.39. The van der Waals surface area contributed by atoms with Gasteiger partial charge in [0.25, 0.3) is 0 Å². The molecule has 1 atom stereocenters. The lowest BCUT2D eigenvalue weighted by molar-refractivity contribution is -0.143. The van der Waals surface area contributed by atoms with Crippen molar-refractivity contribution in [3.63, 3.8) is 0 Å². The Morgan fingerprint density at radius 2 is 2.21 bits per heavy atom. The van der Waals surface area contributed by atoms with Crippen LogP contribution in [0.3, 0.4) is 0 Å². The highest BCUT2D eigenvalue weighted by atomic mass is 16.5. The van der Waals surface area contributed by atoms with Crippen molar-refractivity contribution >= 4 is 17.0 Å². The van der Waals surface area contributed by atoms with Gasteiger partial charge < -0.3 is 14.6 Å². The summed E-state index contributed by atoms with van der Waals surface area (Å²) in [7, 11) is 1.41. The van der Waals surface area contributed by atoms with Gasteiger partial charge in [-0.3, -0.25) is 4.79 Å². The van der Waals surface area contributed by atoms with Crippen molar-refractivity contribution in [2.75, 3.05) is 13.7 Å². The van der Waals surface area contributed by atoms with Gasteiger partial charge in [0.2, 0.25) is 0 Å². The van der Waals surface area contributed by atoms with E-state index in [9.17, 15) is 4.79 Å². The number of rotatable bonds is 5. The third-order valence-corrected chi connectivity index (χ3v) is 3.15. The molecule has 102 valence electrons. The summed E-state index contributed by atoms with van der Waals surface area (Å²) in [6, 6.07) is 7.56. The molecule has 0 aliphatic heterocycles. The molecule has 1 unspecified atom stereocenters. The van der Waals surface area contributed by atoms with Crippen LogP contribution >= 0.6 is 0 Å². The predicted molar refractivity (Wildman–Crippen MR) is 74.0 cm³/mol. The van der Waals surface area contributed by atoms with Gasteiger partial charge in [0.15, 0.2) is 0 Å². The lowest BCUT2D eigenvalue weighted by atomic mass is 10.2. The molecule has 2 aromatic rings. The maximum absolute atomic E-state index is 11.8. The molecule has 19 heavy (non-hydrogen) atoms. The molecule has 0 radical (unpaired) electrons. The van der Waals surface area contributed by atoms with E-state index in [0.717, 1.165) is 16.9 Å². The van der Waals surface area contributed by atoms with Crippen molar-refractivity contribution in [2.45, 2.75) is 26.4 Å². The van der Waals surface area contributed by atoms with Crippen molar-refractivity contribution in [1.29, 1.82) is 0 Å². The molecule has 5 heteroatoms. The fourth-order valence-corrected chi connectivity index (χ4v) is 2.22. The Balaban J connectivity index is 2.33. The van der Waals surface area contributed by atoms with Gasteiger partial charge >= 0.3 is 5.97 Å². The summed E-state index contributed by atoms with van der Waals surface area (Å²) in [6.07, 6.45) is 0. The molecule has 1 N–H and O–H groups in total. The van der Waals surface area contributed by atoms with Gasteiger partial charge in [0, 0.05) is 0 Å². The summed E-state index contributed by atoms with van der Waals surface area (Å²) < 4.78 is 6.87. The SMILES string of the molecule is CCNC(Cn1c(C)nc2ccccc21)C(=O)OC. The van der Waals surface area contributed by atoms with Crippen LogP contribution < -0.4 is 5.32 Å². The van der Waals surface area contributed by atoms with Gasteiger partial charge in [-0.2, -0.15) is 0 Å². The topological polar surface area (TPSA) is 56.2 Å². The first-order chi connectivity index (χ1) is 9.17. The Morgan fingerprint density at radius 3 is 2.89 bits per heavy atom. The van der Waals surface area contributed by atoms with Crippen LogP contribution in [-0.4, -0.2) is 35.2 Å². The molecule has 5 nitrogen and oxygen atoms in total. The average Bonchev–Trinajstić information content (AvgIpc) is 2.73. The Hall–Kier alpha value is -1.88. The van der Waals surface area contributed by atoms with E-state index in [0.29, 0.717) is 13.1 Å². The fraction of sp³-hybridized carbons (Fsp3) is 0.429. The lowest BCUT2D eigenvalue weighted by Gasteiger charge is -2.17. The van der Waals surface area contributed by atoms with Crippen LogP contribution in [0.1, 0.15) is 12.7 Å². The number of aromatic nitrogens is 2. The molecule has 1 heterocycles. The fourth-order valence-electron chi connectivity index (χ4n) is 2.22. The number of methoxy groups -OCH3 is 1. The van der Waals surface area contributed by atoms with Crippen molar-refractivity contribution < 1.29 is 9.53 Å². The van der Waals surface area contributed by atoms with Gasteiger partial charge in [-0.05, 0) is 25.6 Å². The number of benzene rings is 1. The van der Waals surface area contributed by atoms with Crippen LogP contribution in [0.25, 0.3) is 11.0 Å². The van der Waals surface area contributed by atoms with E-state index in [-0.39, 0.29) is 12.0 Å². The third kappa shape index (κ3) is 2.76. The van der Waals surface area contributed by atoms with Crippen molar-refractivity contribution in [2.24, 2.45) is 0 Å². The Labute approximate surface area is 112 Å². The zero-order valence-electron chi connectivity index (χ0n) is 11.5. The first-order valence-electron chi connectivity index (χ1n) is 6.40. The summed E-state index contributed by atoms with van der Waals surface area (Å²) >= 11 is 0. The molecule has 0 amide bonds. The number of nitrogens with zero attached hydrogens (tertiary/aromatic N) is 2. The molecule has 0 saturated carbocycles. The predicted octanol–water partition coefficient (Wildman–Crippen LogP) is 1.50.